The Kier molecular flexibility index (Phi) is 3.15. The van der Waals surface area contributed by atoms with Gasteiger partial charge in [-0.25, -0.2) is 4.98 Å². The standard InChI is InChI=1S/C8H13N3OS2/c9-5-7-6-13-8(10-7)11-1-3-14(12)4-2-11/h6H,1-5,9H2. The van der Waals surface area contributed by atoms with Crippen molar-refractivity contribution in [1.29, 1.82) is 0 Å². The second kappa shape index (κ2) is 4.37. The van der Waals surface area contributed by atoms with Gasteiger partial charge in [0.15, 0.2) is 5.13 Å². The minimum absolute atomic E-state index is 0.496. The topological polar surface area (TPSA) is 59.2 Å². The van der Waals surface area contributed by atoms with Crippen molar-refractivity contribution in [2.45, 2.75) is 6.54 Å². The molecule has 14 heavy (non-hydrogen) atoms. The van der Waals surface area contributed by atoms with Gasteiger partial charge in [0, 0.05) is 47.3 Å². The van der Waals surface area contributed by atoms with E-state index in [1.54, 1.807) is 11.3 Å². The lowest BCUT2D eigenvalue weighted by Crippen LogP contribution is -2.37. The zero-order chi connectivity index (χ0) is 9.97. The number of nitrogens with zero attached hydrogens (tertiary/aromatic N) is 2. The van der Waals surface area contributed by atoms with Crippen LogP contribution in [0.25, 0.3) is 0 Å². The van der Waals surface area contributed by atoms with E-state index in [4.69, 9.17) is 5.73 Å². The molecule has 4 nitrogen and oxygen atoms in total. The van der Waals surface area contributed by atoms with Crippen LogP contribution in [0.15, 0.2) is 5.38 Å². The van der Waals surface area contributed by atoms with Gasteiger partial charge in [0.25, 0.3) is 0 Å². The van der Waals surface area contributed by atoms with Crippen LogP contribution in [0.3, 0.4) is 0 Å². The average molecular weight is 231 g/mol. The van der Waals surface area contributed by atoms with E-state index in [2.05, 4.69) is 9.88 Å². The van der Waals surface area contributed by atoms with Crippen LogP contribution in [0, 0.1) is 0 Å². The number of thiazole rings is 1. The van der Waals surface area contributed by atoms with E-state index in [0.717, 1.165) is 35.4 Å². The highest BCUT2D eigenvalue weighted by atomic mass is 32.2. The maximum atomic E-state index is 11.1. The molecule has 2 heterocycles. The van der Waals surface area contributed by atoms with Crippen LogP contribution in [-0.2, 0) is 17.3 Å². The molecule has 0 bridgehead atoms. The Morgan fingerprint density at radius 2 is 2.29 bits per heavy atom. The Labute approximate surface area is 89.6 Å². The van der Waals surface area contributed by atoms with E-state index in [1.807, 2.05) is 5.38 Å². The molecule has 0 saturated carbocycles. The van der Waals surface area contributed by atoms with Crippen molar-refractivity contribution in [2.75, 3.05) is 29.5 Å². The van der Waals surface area contributed by atoms with Gasteiger partial charge in [-0.1, -0.05) is 0 Å². The molecule has 1 aliphatic heterocycles. The average Bonchev–Trinajstić information content (AvgIpc) is 2.67. The second-order valence-corrected chi connectivity index (χ2v) is 5.69. The molecule has 78 valence electrons. The van der Waals surface area contributed by atoms with Gasteiger partial charge >= 0.3 is 0 Å². The van der Waals surface area contributed by atoms with Crippen LogP contribution < -0.4 is 10.6 Å². The van der Waals surface area contributed by atoms with Crippen LogP contribution in [0.1, 0.15) is 5.69 Å². The summed E-state index contributed by atoms with van der Waals surface area (Å²) in [6.07, 6.45) is 0. The fraction of sp³-hybridized carbons (Fsp3) is 0.625. The van der Waals surface area contributed by atoms with E-state index in [0.29, 0.717) is 6.54 Å². The van der Waals surface area contributed by atoms with Crippen molar-refractivity contribution in [3.63, 3.8) is 0 Å². The number of anilines is 1. The molecule has 0 unspecified atom stereocenters. The van der Waals surface area contributed by atoms with Crippen molar-refractivity contribution < 1.29 is 4.21 Å². The van der Waals surface area contributed by atoms with Crippen LogP contribution in [0.5, 0.6) is 0 Å². The third kappa shape index (κ3) is 2.13. The van der Waals surface area contributed by atoms with Gasteiger partial charge in [0.1, 0.15) is 0 Å². The summed E-state index contributed by atoms with van der Waals surface area (Å²) in [6.45, 7) is 2.20. The normalized spacial score (nSPS) is 18.8. The fourth-order valence-electron chi connectivity index (χ4n) is 1.36. The summed E-state index contributed by atoms with van der Waals surface area (Å²) in [4.78, 5) is 6.58. The first-order valence-corrected chi connectivity index (χ1v) is 6.91. The summed E-state index contributed by atoms with van der Waals surface area (Å²) < 4.78 is 11.1. The van der Waals surface area contributed by atoms with E-state index in [-0.39, 0.29) is 0 Å². The smallest absolute Gasteiger partial charge is 0.185 e. The van der Waals surface area contributed by atoms with Crippen molar-refractivity contribution in [3.05, 3.63) is 11.1 Å². The SMILES string of the molecule is NCc1csc(N2CCS(=O)CC2)n1. The second-order valence-electron chi connectivity index (χ2n) is 3.16. The van der Waals surface area contributed by atoms with Crippen molar-refractivity contribution in [2.24, 2.45) is 5.73 Å². The van der Waals surface area contributed by atoms with Gasteiger partial charge in [-0.3, -0.25) is 4.21 Å². The molecule has 1 saturated heterocycles. The molecule has 6 heteroatoms. The first-order chi connectivity index (χ1) is 6.79. The van der Waals surface area contributed by atoms with E-state index >= 15 is 0 Å². The summed E-state index contributed by atoms with van der Waals surface area (Å²) in [6, 6.07) is 0. The maximum Gasteiger partial charge on any atom is 0.185 e. The molecular weight excluding hydrogens is 218 g/mol. The van der Waals surface area contributed by atoms with Gasteiger partial charge in [0.05, 0.1) is 5.69 Å². The van der Waals surface area contributed by atoms with Gasteiger partial charge in [-0.05, 0) is 0 Å². The Morgan fingerprint density at radius 3 is 2.86 bits per heavy atom. The molecule has 1 aromatic heterocycles. The summed E-state index contributed by atoms with van der Waals surface area (Å²) in [5.74, 6) is 1.52. The van der Waals surface area contributed by atoms with Gasteiger partial charge in [-0.2, -0.15) is 0 Å². The molecule has 0 aliphatic carbocycles. The quantitative estimate of drug-likeness (QED) is 0.788. The summed E-state index contributed by atoms with van der Waals surface area (Å²) >= 11 is 1.62. The van der Waals surface area contributed by atoms with Crippen LogP contribution in [0.4, 0.5) is 5.13 Å². The highest BCUT2D eigenvalue weighted by Crippen LogP contribution is 2.21. The van der Waals surface area contributed by atoms with E-state index in [1.165, 1.54) is 0 Å². The zero-order valence-corrected chi connectivity index (χ0v) is 9.44. The monoisotopic (exact) mass is 231 g/mol. The lowest BCUT2D eigenvalue weighted by molar-refractivity contribution is 0.673. The minimum Gasteiger partial charge on any atom is -0.346 e. The van der Waals surface area contributed by atoms with Crippen molar-refractivity contribution >= 4 is 27.3 Å². The molecular formula is C8H13N3OS2. The number of hydrogen-bond acceptors (Lipinski definition) is 5. The van der Waals surface area contributed by atoms with Gasteiger partial charge < -0.3 is 10.6 Å². The Hall–Kier alpha value is -0.460. The number of hydrogen-bond donors (Lipinski definition) is 1. The first-order valence-electron chi connectivity index (χ1n) is 4.54. The molecule has 0 spiro atoms. The number of aromatic nitrogens is 1. The first kappa shape index (κ1) is 10.1. The van der Waals surface area contributed by atoms with Crippen LogP contribution in [0.2, 0.25) is 0 Å². The maximum absolute atomic E-state index is 11.1. The molecule has 2 N–H and O–H groups in total. The summed E-state index contributed by atoms with van der Waals surface area (Å²) in [7, 11) is -0.619. The number of rotatable bonds is 2. The van der Waals surface area contributed by atoms with Crippen LogP contribution >= 0.6 is 11.3 Å². The predicted molar refractivity (Wildman–Crippen MR) is 60.1 cm³/mol. The molecule has 0 aromatic carbocycles. The lowest BCUT2D eigenvalue weighted by Gasteiger charge is -2.25. The highest BCUT2D eigenvalue weighted by molar-refractivity contribution is 7.85. The highest BCUT2D eigenvalue weighted by Gasteiger charge is 2.17. The third-order valence-corrected chi connectivity index (χ3v) is 4.42. The Balaban J connectivity index is 2.04. The van der Waals surface area contributed by atoms with Crippen LogP contribution in [-0.4, -0.2) is 33.8 Å². The summed E-state index contributed by atoms with van der Waals surface area (Å²) in [5, 5.41) is 3.00. The molecule has 1 aliphatic rings. The molecule has 0 radical (unpaired) electrons. The van der Waals surface area contributed by atoms with Gasteiger partial charge in [-0.15, -0.1) is 11.3 Å². The number of nitrogens with two attached hydrogens (primary N) is 1. The predicted octanol–water partition coefficient (Wildman–Crippen LogP) is 0.170. The van der Waals surface area contributed by atoms with E-state index in [9.17, 15) is 4.21 Å². The van der Waals surface area contributed by atoms with Crippen molar-refractivity contribution in [1.82, 2.24) is 4.98 Å². The molecule has 0 amide bonds. The van der Waals surface area contributed by atoms with E-state index < -0.39 is 10.8 Å². The minimum atomic E-state index is -0.619. The largest absolute Gasteiger partial charge is 0.346 e. The molecule has 1 fully saturated rings. The molecule has 1 aromatic rings. The van der Waals surface area contributed by atoms with Crippen molar-refractivity contribution in [3.8, 4) is 0 Å². The Bertz CT molecular complexity index is 329. The molecule has 2 rings (SSSR count). The third-order valence-electron chi connectivity index (χ3n) is 2.20. The Morgan fingerprint density at radius 1 is 1.57 bits per heavy atom. The zero-order valence-electron chi connectivity index (χ0n) is 7.81. The summed E-state index contributed by atoms with van der Waals surface area (Å²) in [5.41, 5.74) is 6.43. The molecule has 0 atom stereocenters. The lowest BCUT2D eigenvalue weighted by atomic mass is 10.5. The fourth-order valence-corrected chi connectivity index (χ4v) is 3.31. The van der Waals surface area contributed by atoms with Gasteiger partial charge in [0.2, 0.25) is 0 Å².